The maximum Gasteiger partial charge on any atom is 0.123 e. The first-order valence-electron chi connectivity index (χ1n) is 5.78. The Hall–Kier alpha value is -0.890. The van der Waals surface area contributed by atoms with Crippen LogP contribution in [0, 0.1) is 11.7 Å². The van der Waals surface area contributed by atoms with E-state index in [1.54, 1.807) is 12.1 Å². The van der Waals surface area contributed by atoms with Crippen molar-refractivity contribution in [3.63, 3.8) is 0 Å². The molecule has 1 atom stereocenters. The summed E-state index contributed by atoms with van der Waals surface area (Å²) in [7, 11) is 0. The van der Waals surface area contributed by atoms with Crippen molar-refractivity contribution in [1.82, 2.24) is 0 Å². The maximum absolute atomic E-state index is 12.8. The fourth-order valence-electron chi connectivity index (χ4n) is 1.81. The first-order chi connectivity index (χ1) is 7.34. The molecule has 2 heteroatoms. The Balaban J connectivity index is 2.87. The Morgan fingerprint density at radius 1 is 1.19 bits per heavy atom. The first kappa shape index (κ1) is 13.2. The van der Waals surface area contributed by atoms with E-state index < -0.39 is 6.10 Å². The van der Waals surface area contributed by atoms with Crippen molar-refractivity contribution in [3.05, 3.63) is 35.6 Å². The number of aliphatic hydroxyl groups excluding tert-OH is 1. The molecule has 0 aliphatic heterocycles. The molecular formula is C14H21FO. The smallest absolute Gasteiger partial charge is 0.123 e. The quantitative estimate of drug-likeness (QED) is 0.829. The molecular weight excluding hydrogens is 203 g/mol. The Morgan fingerprint density at radius 3 is 2.12 bits per heavy atom. The highest BCUT2D eigenvalue weighted by Gasteiger charge is 2.30. The molecule has 0 spiro atoms. The van der Waals surface area contributed by atoms with Crippen LogP contribution >= 0.6 is 0 Å². The zero-order chi connectivity index (χ0) is 12.3. The van der Waals surface area contributed by atoms with E-state index in [0.717, 1.165) is 12.0 Å². The molecule has 1 rings (SSSR count). The molecule has 0 bridgehead atoms. The minimum atomic E-state index is -0.405. The van der Waals surface area contributed by atoms with Gasteiger partial charge in [-0.05, 0) is 30.0 Å². The second-order valence-electron chi connectivity index (χ2n) is 5.37. The lowest BCUT2D eigenvalue weighted by molar-refractivity contribution is 0.0791. The fourth-order valence-corrected chi connectivity index (χ4v) is 1.81. The molecule has 1 unspecified atom stereocenters. The molecule has 1 aromatic carbocycles. The van der Waals surface area contributed by atoms with E-state index in [1.807, 2.05) is 13.8 Å². The van der Waals surface area contributed by atoms with E-state index in [9.17, 15) is 9.50 Å². The number of rotatable bonds is 4. The molecule has 0 amide bonds. The highest BCUT2D eigenvalue weighted by Crippen LogP contribution is 2.30. The van der Waals surface area contributed by atoms with Crippen molar-refractivity contribution in [2.45, 2.75) is 45.6 Å². The summed E-state index contributed by atoms with van der Waals surface area (Å²) in [5, 5.41) is 10.2. The van der Waals surface area contributed by atoms with E-state index >= 15 is 0 Å². The molecule has 0 saturated heterocycles. The first-order valence-corrected chi connectivity index (χ1v) is 5.78. The second kappa shape index (κ2) is 4.96. The van der Waals surface area contributed by atoms with Gasteiger partial charge >= 0.3 is 0 Å². The topological polar surface area (TPSA) is 20.2 Å². The van der Waals surface area contributed by atoms with Crippen molar-refractivity contribution in [2.24, 2.45) is 5.92 Å². The lowest BCUT2D eigenvalue weighted by atomic mass is 9.76. The average molecular weight is 224 g/mol. The third kappa shape index (κ3) is 3.05. The van der Waals surface area contributed by atoms with E-state index in [-0.39, 0.29) is 11.2 Å². The fraction of sp³-hybridized carbons (Fsp3) is 0.571. The van der Waals surface area contributed by atoms with Gasteiger partial charge in [0.25, 0.3) is 0 Å². The highest BCUT2D eigenvalue weighted by atomic mass is 19.1. The molecule has 1 N–H and O–H groups in total. The van der Waals surface area contributed by atoms with Crippen molar-refractivity contribution in [1.29, 1.82) is 0 Å². The summed E-state index contributed by atoms with van der Waals surface area (Å²) in [6, 6.07) is 6.39. The standard InChI is InChI=1S/C14H21FO/c1-10(2)9-13(16)14(3,4)11-5-7-12(15)8-6-11/h5-8,10,13,16H,9H2,1-4H3. The minimum absolute atomic E-state index is 0.238. The highest BCUT2D eigenvalue weighted by molar-refractivity contribution is 5.25. The molecule has 0 aliphatic carbocycles. The van der Waals surface area contributed by atoms with E-state index in [2.05, 4.69) is 13.8 Å². The molecule has 16 heavy (non-hydrogen) atoms. The van der Waals surface area contributed by atoms with Gasteiger partial charge in [0.2, 0.25) is 0 Å². The summed E-state index contributed by atoms with van der Waals surface area (Å²) in [6.07, 6.45) is 0.350. The molecule has 0 heterocycles. The van der Waals surface area contributed by atoms with Crippen molar-refractivity contribution in [2.75, 3.05) is 0 Å². The van der Waals surface area contributed by atoms with Gasteiger partial charge in [-0.2, -0.15) is 0 Å². The summed E-state index contributed by atoms with van der Waals surface area (Å²) in [5.41, 5.74) is 0.639. The monoisotopic (exact) mass is 224 g/mol. The normalized spacial score (nSPS) is 14.2. The maximum atomic E-state index is 12.8. The van der Waals surface area contributed by atoms with E-state index in [0.29, 0.717) is 5.92 Å². The van der Waals surface area contributed by atoms with E-state index in [4.69, 9.17) is 0 Å². The molecule has 0 saturated carbocycles. The lowest BCUT2D eigenvalue weighted by Crippen LogP contribution is -2.34. The summed E-state index contributed by atoms with van der Waals surface area (Å²) < 4.78 is 12.8. The summed E-state index contributed by atoms with van der Waals surface area (Å²) in [6.45, 7) is 8.16. The Bertz CT molecular complexity index is 327. The lowest BCUT2D eigenvalue weighted by Gasteiger charge is -2.32. The van der Waals surface area contributed by atoms with Crippen LogP contribution in [0.5, 0.6) is 0 Å². The number of benzene rings is 1. The van der Waals surface area contributed by atoms with E-state index in [1.165, 1.54) is 12.1 Å². The third-order valence-corrected chi connectivity index (χ3v) is 3.12. The van der Waals surface area contributed by atoms with Crippen molar-refractivity contribution >= 4 is 0 Å². The van der Waals surface area contributed by atoms with Gasteiger partial charge in [-0.3, -0.25) is 0 Å². The van der Waals surface area contributed by atoms with Gasteiger partial charge in [-0.1, -0.05) is 39.8 Å². The van der Waals surface area contributed by atoms with Crippen molar-refractivity contribution in [3.8, 4) is 0 Å². The second-order valence-corrected chi connectivity index (χ2v) is 5.37. The number of hydrogen-bond donors (Lipinski definition) is 1. The summed E-state index contributed by atoms with van der Waals surface area (Å²) >= 11 is 0. The molecule has 1 nitrogen and oxygen atoms in total. The molecule has 0 aromatic heterocycles. The van der Waals surface area contributed by atoms with Crippen LogP contribution in [0.1, 0.15) is 39.7 Å². The largest absolute Gasteiger partial charge is 0.392 e. The summed E-state index contributed by atoms with van der Waals surface area (Å²) in [5.74, 6) is 0.215. The van der Waals surface area contributed by atoms with Gasteiger partial charge in [0, 0.05) is 5.41 Å². The zero-order valence-electron chi connectivity index (χ0n) is 10.5. The van der Waals surface area contributed by atoms with Gasteiger partial charge in [-0.25, -0.2) is 4.39 Å². The minimum Gasteiger partial charge on any atom is -0.392 e. The van der Waals surface area contributed by atoms with Gasteiger partial charge in [0.05, 0.1) is 6.10 Å². The molecule has 1 aromatic rings. The van der Waals surface area contributed by atoms with Crippen LogP contribution in [0.2, 0.25) is 0 Å². The zero-order valence-corrected chi connectivity index (χ0v) is 10.5. The SMILES string of the molecule is CC(C)CC(O)C(C)(C)c1ccc(F)cc1. The van der Waals surface area contributed by atoms with Gasteiger partial charge in [0.1, 0.15) is 5.82 Å². The van der Waals surface area contributed by atoms with Crippen LogP contribution in [-0.2, 0) is 5.41 Å². The van der Waals surface area contributed by atoms with Crippen LogP contribution in [0.25, 0.3) is 0 Å². The third-order valence-electron chi connectivity index (χ3n) is 3.12. The van der Waals surface area contributed by atoms with Crippen molar-refractivity contribution < 1.29 is 9.50 Å². The predicted molar refractivity (Wildman–Crippen MR) is 64.9 cm³/mol. The molecule has 0 radical (unpaired) electrons. The Kier molecular flexibility index (Phi) is 4.09. The van der Waals surface area contributed by atoms with Crippen LogP contribution < -0.4 is 0 Å². The van der Waals surface area contributed by atoms with Gasteiger partial charge in [0.15, 0.2) is 0 Å². The predicted octanol–water partition coefficient (Wildman–Crippen LogP) is 3.51. The molecule has 0 fully saturated rings. The Labute approximate surface area is 97.3 Å². The van der Waals surface area contributed by atoms with Gasteiger partial charge < -0.3 is 5.11 Å². The van der Waals surface area contributed by atoms with Crippen LogP contribution in [0.4, 0.5) is 4.39 Å². The Morgan fingerprint density at radius 2 is 1.69 bits per heavy atom. The average Bonchev–Trinajstić information content (AvgIpc) is 2.17. The molecule has 90 valence electrons. The van der Waals surface area contributed by atoms with Crippen LogP contribution in [-0.4, -0.2) is 11.2 Å². The number of halogens is 1. The van der Waals surface area contributed by atoms with Crippen LogP contribution in [0.3, 0.4) is 0 Å². The molecule has 0 aliphatic rings. The van der Waals surface area contributed by atoms with Gasteiger partial charge in [-0.15, -0.1) is 0 Å². The van der Waals surface area contributed by atoms with Crippen LogP contribution in [0.15, 0.2) is 24.3 Å². The number of hydrogen-bond acceptors (Lipinski definition) is 1. The summed E-state index contributed by atoms with van der Waals surface area (Å²) in [4.78, 5) is 0. The number of aliphatic hydroxyl groups is 1.